The Morgan fingerprint density at radius 3 is 2.61 bits per heavy atom. The van der Waals surface area contributed by atoms with Crippen molar-refractivity contribution < 1.29 is 14.3 Å². The number of carbonyl (C=O) groups is 1. The highest BCUT2D eigenvalue weighted by atomic mass is 32.1. The van der Waals surface area contributed by atoms with Gasteiger partial charge in [0.25, 0.3) is 0 Å². The summed E-state index contributed by atoms with van der Waals surface area (Å²) in [5.74, 6) is -0.266. The van der Waals surface area contributed by atoms with Crippen molar-refractivity contribution in [1.82, 2.24) is 4.90 Å². The van der Waals surface area contributed by atoms with Gasteiger partial charge in [-0.15, -0.1) is 11.3 Å². The number of hydrogen-bond donors (Lipinski definition) is 2. The quantitative estimate of drug-likeness (QED) is 0.440. The van der Waals surface area contributed by atoms with E-state index in [0.717, 1.165) is 18.5 Å². The lowest BCUT2D eigenvalue weighted by atomic mass is 9.91. The fraction of sp³-hybridized carbons (Fsp3) is 0.227. The monoisotopic (exact) mass is 398 g/mol. The van der Waals surface area contributed by atoms with E-state index in [-0.39, 0.29) is 11.6 Å². The molecule has 4 nitrogen and oxygen atoms in total. The number of phenols is 1. The maximum atomic E-state index is 14.8. The molecular formula is C22H23FN2O2S. The van der Waals surface area contributed by atoms with E-state index < -0.39 is 0 Å². The molecule has 0 saturated heterocycles. The molecule has 3 aromatic rings. The van der Waals surface area contributed by atoms with Crippen molar-refractivity contribution in [1.29, 1.82) is 0 Å². The van der Waals surface area contributed by atoms with Crippen molar-refractivity contribution in [3.05, 3.63) is 58.0 Å². The molecule has 1 aromatic heterocycles. The fourth-order valence-electron chi connectivity index (χ4n) is 3.24. The maximum Gasteiger partial charge on any atom is 0.160 e. The third kappa shape index (κ3) is 3.93. The van der Waals surface area contributed by atoms with Gasteiger partial charge in [-0.2, -0.15) is 0 Å². The van der Waals surface area contributed by atoms with Crippen LogP contribution in [0.5, 0.6) is 5.75 Å². The molecule has 0 bridgehead atoms. The number of nitrogens with zero attached hydrogens (tertiary/aromatic N) is 1. The highest BCUT2D eigenvalue weighted by molar-refractivity contribution is 7.12. The van der Waals surface area contributed by atoms with Crippen LogP contribution in [0, 0.1) is 5.82 Å². The first-order chi connectivity index (χ1) is 13.5. The average molecular weight is 399 g/mol. The number of benzene rings is 2. The second kappa shape index (κ2) is 8.54. The van der Waals surface area contributed by atoms with Crippen LogP contribution < -0.4 is 5.32 Å². The van der Waals surface area contributed by atoms with Crippen LogP contribution in [0.1, 0.15) is 15.2 Å². The van der Waals surface area contributed by atoms with E-state index in [0.29, 0.717) is 39.1 Å². The van der Waals surface area contributed by atoms with Crippen molar-refractivity contribution in [3.63, 3.8) is 0 Å². The third-order valence-corrected chi connectivity index (χ3v) is 5.54. The Morgan fingerprint density at radius 2 is 1.96 bits per heavy atom. The summed E-state index contributed by atoms with van der Waals surface area (Å²) in [5.41, 5.74) is 3.86. The van der Waals surface area contributed by atoms with Crippen LogP contribution in [0.15, 0.2) is 41.8 Å². The zero-order valence-corrected chi connectivity index (χ0v) is 16.9. The van der Waals surface area contributed by atoms with Gasteiger partial charge >= 0.3 is 0 Å². The van der Waals surface area contributed by atoms with Gasteiger partial charge in [0.2, 0.25) is 0 Å². The molecule has 0 radical (unpaired) electrons. The van der Waals surface area contributed by atoms with Gasteiger partial charge in [-0.3, -0.25) is 4.79 Å². The van der Waals surface area contributed by atoms with Crippen LogP contribution in [0.25, 0.3) is 22.3 Å². The van der Waals surface area contributed by atoms with Crippen LogP contribution in [-0.4, -0.2) is 44.0 Å². The molecule has 0 amide bonds. The SMILES string of the molecule is CNc1ccc(O)c(-c2ccc(CCN(C)C)c(F)c2)c1-c1ccsc1C=O. The topological polar surface area (TPSA) is 52.6 Å². The van der Waals surface area contributed by atoms with Crippen molar-refractivity contribution in [2.45, 2.75) is 6.42 Å². The Labute approximate surface area is 168 Å². The number of thiophene rings is 1. The van der Waals surface area contributed by atoms with E-state index >= 15 is 0 Å². The molecule has 28 heavy (non-hydrogen) atoms. The van der Waals surface area contributed by atoms with E-state index in [1.165, 1.54) is 17.4 Å². The standard InChI is InChI=1S/C22H23FN2O2S/c1-24-18-6-7-19(27)21(22(18)16-9-11-28-20(16)13-26)15-5-4-14(17(23)12-15)8-10-25(2)3/h4-7,9,11-13,24,27H,8,10H2,1-3H3. The largest absolute Gasteiger partial charge is 0.507 e. The lowest BCUT2D eigenvalue weighted by molar-refractivity contribution is 0.112. The summed E-state index contributed by atoms with van der Waals surface area (Å²) in [4.78, 5) is 14.0. The van der Waals surface area contributed by atoms with E-state index in [2.05, 4.69) is 5.32 Å². The summed E-state index contributed by atoms with van der Waals surface area (Å²) >= 11 is 1.33. The Kier molecular flexibility index (Phi) is 6.11. The molecule has 3 rings (SSSR count). The van der Waals surface area contributed by atoms with Gasteiger partial charge < -0.3 is 15.3 Å². The molecule has 0 aliphatic rings. The summed E-state index contributed by atoms with van der Waals surface area (Å²) in [7, 11) is 5.67. The molecule has 6 heteroatoms. The predicted molar refractivity (Wildman–Crippen MR) is 114 cm³/mol. The lowest BCUT2D eigenvalue weighted by Crippen LogP contribution is -2.15. The lowest BCUT2D eigenvalue weighted by Gasteiger charge is -2.17. The summed E-state index contributed by atoms with van der Waals surface area (Å²) < 4.78 is 14.8. The number of aldehydes is 1. The van der Waals surface area contributed by atoms with Crippen LogP contribution in [-0.2, 0) is 6.42 Å². The second-order valence-electron chi connectivity index (χ2n) is 6.81. The maximum absolute atomic E-state index is 14.8. The van der Waals surface area contributed by atoms with Crippen molar-refractivity contribution in [2.24, 2.45) is 0 Å². The Bertz CT molecular complexity index is 998. The predicted octanol–water partition coefficient (Wildman–Crippen LogP) is 4.89. The number of aromatic hydroxyl groups is 1. The molecule has 0 saturated carbocycles. The number of rotatable bonds is 7. The molecule has 146 valence electrons. The van der Waals surface area contributed by atoms with E-state index in [1.54, 1.807) is 25.2 Å². The minimum atomic E-state index is -0.305. The first kappa shape index (κ1) is 20.0. The number of carbonyl (C=O) groups excluding carboxylic acids is 1. The molecule has 2 aromatic carbocycles. The summed E-state index contributed by atoms with van der Waals surface area (Å²) in [6.45, 7) is 0.750. The third-order valence-electron chi connectivity index (χ3n) is 4.69. The molecule has 0 aliphatic heterocycles. The molecule has 1 heterocycles. The van der Waals surface area contributed by atoms with Crippen LogP contribution in [0.4, 0.5) is 10.1 Å². The normalized spacial score (nSPS) is 11.0. The number of likely N-dealkylation sites (N-methyl/N-ethyl adjacent to an activating group) is 1. The number of anilines is 1. The Hall–Kier alpha value is -2.70. The summed E-state index contributed by atoms with van der Waals surface area (Å²) in [5, 5.41) is 15.6. The zero-order valence-electron chi connectivity index (χ0n) is 16.1. The van der Waals surface area contributed by atoms with Crippen molar-refractivity contribution in [3.8, 4) is 28.0 Å². The Balaban J connectivity index is 2.17. The van der Waals surface area contributed by atoms with Gasteiger partial charge in [0.15, 0.2) is 6.29 Å². The minimum Gasteiger partial charge on any atom is -0.507 e. The highest BCUT2D eigenvalue weighted by Crippen LogP contribution is 2.45. The van der Waals surface area contributed by atoms with Crippen LogP contribution in [0.3, 0.4) is 0 Å². The second-order valence-corrected chi connectivity index (χ2v) is 7.76. The van der Waals surface area contributed by atoms with Crippen molar-refractivity contribution in [2.75, 3.05) is 33.0 Å². The van der Waals surface area contributed by atoms with Gasteiger partial charge in [-0.25, -0.2) is 4.39 Å². The number of hydrogen-bond acceptors (Lipinski definition) is 5. The van der Waals surface area contributed by atoms with Gasteiger partial charge in [0.1, 0.15) is 11.6 Å². The fourth-order valence-corrected chi connectivity index (χ4v) is 3.94. The molecule has 2 N–H and O–H groups in total. The molecule has 0 unspecified atom stereocenters. The van der Waals surface area contributed by atoms with Gasteiger partial charge in [0.05, 0.1) is 4.88 Å². The first-order valence-corrected chi connectivity index (χ1v) is 9.84. The number of halogens is 1. The van der Waals surface area contributed by atoms with Gasteiger partial charge in [0, 0.05) is 36.0 Å². The van der Waals surface area contributed by atoms with Gasteiger partial charge in [-0.05, 0) is 61.3 Å². The Morgan fingerprint density at radius 1 is 1.18 bits per heavy atom. The van der Waals surface area contributed by atoms with E-state index in [4.69, 9.17) is 0 Å². The van der Waals surface area contributed by atoms with Gasteiger partial charge in [-0.1, -0.05) is 12.1 Å². The summed E-state index contributed by atoms with van der Waals surface area (Å²) in [6.07, 6.45) is 1.41. The van der Waals surface area contributed by atoms with E-state index in [1.807, 2.05) is 36.5 Å². The average Bonchev–Trinajstić information content (AvgIpc) is 3.15. The zero-order chi connectivity index (χ0) is 20.3. The molecular weight excluding hydrogens is 375 g/mol. The molecule has 0 fully saturated rings. The smallest absolute Gasteiger partial charge is 0.160 e. The molecule has 0 atom stereocenters. The van der Waals surface area contributed by atoms with Crippen LogP contribution in [0.2, 0.25) is 0 Å². The van der Waals surface area contributed by atoms with Crippen LogP contribution >= 0.6 is 11.3 Å². The van der Waals surface area contributed by atoms with E-state index in [9.17, 15) is 14.3 Å². The minimum absolute atomic E-state index is 0.0393. The highest BCUT2D eigenvalue weighted by Gasteiger charge is 2.20. The van der Waals surface area contributed by atoms with Crippen molar-refractivity contribution >= 4 is 23.3 Å². The molecule has 0 spiro atoms. The summed E-state index contributed by atoms with van der Waals surface area (Å²) in [6, 6.07) is 10.2. The number of nitrogens with one attached hydrogen (secondary N) is 1. The molecule has 0 aliphatic carbocycles. The number of phenolic OH excluding ortho intramolecular Hbond substituents is 1. The first-order valence-electron chi connectivity index (χ1n) is 8.96.